The summed E-state index contributed by atoms with van der Waals surface area (Å²) in [4.78, 5) is 4.68. The lowest BCUT2D eigenvalue weighted by Gasteiger charge is -2.22. The summed E-state index contributed by atoms with van der Waals surface area (Å²) in [6.45, 7) is 8.62. The Bertz CT molecular complexity index is 361. The highest BCUT2D eigenvalue weighted by Gasteiger charge is 2.06. The third-order valence-corrected chi connectivity index (χ3v) is 3.22. The van der Waals surface area contributed by atoms with E-state index in [-0.39, 0.29) is 0 Å². The largest absolute Gasteiger partial charge is 0.398 e. The molecule has 102 valence electrons. The molecule has 3 nitrogen and oxygen atoms in total. The predicted octanol–water partition coefficient (Wildman–Crippen LogP) is 2.35. The van der Waals surface area contributed by atoms with Crippen molar-refractivity contribution in [2.24, 2.45) is 0 Å². The van der Waals surface area contributed by atoms with Gasteiger partial charge in [-0.3, -0.25) is 4.90 Å². The summed E-state index contributed by atoms with van der Waals surface area (Å²) < 4.78 is 0. The number of hydrogen-bond acceptors (Lipinski definition) is 3. The molecule has 0 heterocycles. The first-order valence-electron chi connectivity index (χ1n) is 6.75. The van der Waals surface area contributed by atoms with Crippen LogP contribution in [0.1, 0.15) is 24.5 Å². The Hall–Kier alpha value is -1.06. The van der Waals surface area contributed by atoms with Crippen molar-refractivity contribution < 1.29 is 0 Å². The van der Waals surface area contributed by atoms with E-state index in [2.05, 4.69) is 49.9 Å². The van der Waals surface area contributed by atoms with E-state index in [1.807, 2.05) is 6.07 Å². The van der Waals surface area contributed by atoms with Crippen LogP contribution in [0.5, 0.6) is 0 Å². The van der Waals surface area contributed by atoms with Gasteiger partial charge in [0.05, 0.1) is 0 Å². The van der Waals surface area contributed by atoms with Crippen molar-refractivity contribution in [3.8, 4) is 0 Å². The predicted molar refractivity (Wildman–Crippen MR) is 79.7 cm³/mol. The number of anilines is 1. The van der Waals surface area contributed by atoms with Crippen LogP contribution in [0.2, 0.25) is 0 Å². The fraction of sp³-hybridized carbons (Fsp3) is 0.600. The zero-order valence-corrected chi connectivity index (χ0v) is 12.2. The molecule has 1 rings (SSSR count). The van der Waals surface area contributed by atoms with Crippen molar-refractivity contribution >= 4 is 5.69 Å². The van der Waals surface area contributed by atoms with Crippen molar-refractivity contribution in [2.75, 3.05) is 39.5 Å². The van der Waals surface area contributed by atoms with Gasteiger partial charge in [0, 0.05) is 12.2 Å². The molecule has 0 aliphatic rings. The Morgan fingerprint density at radius 2 is 1.89 bits per heavy atom. The summed E-state index contributed by atoms with van der Waals surface area (Å²) in [5.74, 6) is 0. The molecule has 2 N–H and O–H groups in total. The third-order valence-electron chi connectivity index (χ3n) is 3.22. The van der Waals surface area contributed by atoms with Crippen LogP contribution in [0.3, 0.4) is 0 Å². The lowest BCUT2D eigenvalue weighted by molar-refractivity contribution is 0.259. The van der Waals surface area contributed by atoms with Gasteiger partial charge in [0.25, 0.3) is 0 Å². The average Bonchev–Trinajstić information content (AvgIpc) is 2.32. The van der Waals surface area contributed by atoms with E-state index >= 15 is 0 Å². The smallest absolute Gasteiger partial charge is 0.0359 e. The van der Waals surface area contributed by atoms with Crippen LogP contribution in [-0.2, 0) is 6.54 Å². The maximum atomic E-state index is 6.03. The van der Waals surface area contributed by atoms with Crippen molar-refractivity contribution in [3.05, 3.63) is 29.3 Å². The molecule has 0 unspecified atom stereocenters. The van der Waals surface area contributed by atoms with Crippen molar-refractivity contribution in [1.29, 1.82) is 0 Å². The molecule has 3 heteroatoms. The molecule has 0 fully saturated rings. The molecule has 0 aliphatic heterocycles. The minimum Gasteiger partial charge on any atom is -0.398 e. The summed E-state index contributed by atoms with van der Waals surface area (Å²) in [6.07, 6.45) is 1.20. The summed E-state index contributed by atoms with van der Waals surface area (Å²) in [5, 5.41) is 0. The van der Waals surface area contributed by atoms with Crippen LogP contribution in [0.15, 0.2) is 18.2 Å². The Balaban J connectivity index is 2.54. The number of nitrogens with zero attached hydrogens (tertiary/aromatic N) is 2. The van der Waals surface area contributed by atoms with E-state index in [1.165, 1.54) is 17.5 Å². The zero-order chi connectivity index (χ0) is 13.5. The molecular weight excluding hydrogens is 222 g/mol. The Kier molecular flexibility index (Phi) is 6.16. The quantitative estimate of drug-likeness (QED) is 0.753. The van der Waals surface area contributed by atoms with Crippen molar-refractivity contribution in [2.45, 2.75) is 26.8 Å². The Morgan fingerprint density at radius 1 is 1.17 bits per heavy atom. The van der Waals surface area contributed by atoms with E-state index in [0.29, 0.717) is 0 Å². The molecule has 0 spiro atoms. The number of nitrogens with two attached hydrogens (primary N) is 1. The van der Waals surface area contributed by atoms with Crippen molar-refractivity contribution in [3.63, 3.8) is 0 Å². The van der Waals surface area contributed by atoms with Crippen LogP contribution in [0.4, 0.5) is 5.69 Å². The van der Waals surface area contributed by atoms with E-state index in [4.69, 9.17) is 5.73 Å². The minimum absolute atomic E-state index is 0.909. The number of aryl methyl sites for hydroxylation is 1. The first-order chi connectivity index (χ1) is 8.52. The van der Waals surface area contributed by atoms with Gasteiger partial charge in [-0.1, -0.05) is 24.6 Å². The van der Waals surface area contributed by atoms with Gasteiger partial charge in [0.2, 0.25) is 0 Å². The van der Waals surface area contributed by atoms with Crippen LogP contribution < -0.4 is 5.73 Å². The van der Waals surface area contributed by atoms with Gasteiger partial charge in [0.1, 0.15) is 0 Å². The molecule has 0 amide bonds. The zero-order valence-electron chi connectivity index (χ0n) is 12.2. The molecule has 0 radical (unpaired) electrons. The van der Waals surface area contributed by atoms with Crippen LogP contribution in [0, 0.1) is 6.92 Å². The van der Waals surface area contributed by atoms with Crippen LogP contribution in [-0.4, -0.2) is 43.5 Å². The normalized spacial score (nSPS) is 11.4. The third kappa shape index (κ3) is 5.07. The van der Waals surface area contributed by atoms with Gasteiger partial charge in [0.15, 0.2) is 0 Å². The molecule has 0 aliphatic carbocycles. The number of benzene rings is 1. The van der Waals surface area contributed by atoms with Gasteiger partial charge in [-0.05, 0) is 58.7 Å². The molecule has 1 aromatic rings. The topological polar surface area (TPSA) is 32.5 Å². The Labute approximate surface area is 112 Å². The second kappa shape index (κ2) is 7.39. The highest BCUT2D eigenvalue weighted by Crippen LogP contribution is 2.16. The van der Waals surface area contributed by atoms with Gasteiger partial charge in [-0.2, -0.15) is 0 Å². The lowest BCUT2D eigenvalue weighted by Crippen LogP contribution is -2.27. The molecule has 1 aromatic carbocycles. The number of rotatable bonds is 7. The van der Waals surface area contributed by atoms with Gasteiger partial charge < -0.3 is 10.6 Å². The van der Waals surface area contributed by atoms with E-state index in [9.17, 15) is 0 Å². The van der Waals surface area contributed by atoms with Gasteiger partial charge in [-0.25, -0.2) is 0 Å². The molecule has 0 atom stereocenters. The van der Waals surface area contributed by atoms with E-state index < -0.39 is 0 Å². The van der Waals surface area contributed by atoms with Gasteiger partial charge >= 0.3 is 0 Å². The summed E-state index contributed by atoms with van der Waals surface area (Å²) in [5.41, 5.74) is 9.48. The SMILES string of the molecule is CCN(CCCN(C)C)Cc1cc(C)ccc1N. The average molecular weight is 249 g/mol. The monoisotopic (exact) mass is 249 g/mol. The molecule has 0 saturated carbocycles. The fourth-order valence-corrected chi connectivity index (χ4v) is 2.07. The molecule has 18 heavy (non-hydrogen) atoms. The second-order valence-electron chi connectivity index (χ2n) is 5.23. The standard InChI is InChI=1S/C15H27N3/c1-5-18(10-6-9-17(3)4)12-14-11-13(2)7-8-15(14)16/h7-8,11H,5-6,9-10,12,16H2,1-4H3. The van der Waals surface area contributed by atoms with E-state index in [0.717, 1.165) is 31.9 Å². The molecule has 0 saturated heterocycles. The number of hydrogen-bond donors (Lipinski definition) is 1. The van der Waals surface area contributed by atoms with Gasteiger partial charge in [-0.15, -0.1) is 0 Å². The maximum absolute atomic E-state index is 6.03. The molecule has 0 aromatic heterocycles. The lowest BCUT2D eigenvalue weighted by atomic mass is 10.1. The van der Waals surface area contributed by atoms with E-state index in [1.54, 1.807) is 0 Å². The number of nitrogen functional groups attached to an aromatic ring is 1. The van der Waals surface area contributed by atoms with Crippen LogP contribution >= 0.6 is 0 Å². The Morgan fingerprint density at radius 3 is 2.50 bits per heavy atom. The minimum atomic E-state index is 0.909. The molecular formula is C15H27N3. The summed E-state index contributed by atoms with van der Waals surface area (Å²) in [7, 11) is 4.24. The summed E-state index contributed by atoms with van der Waals surface area (Å²) >= 11 is 0. The first kappa shape index (κ1) is 15.0. The van der Waals surface area contributed by atoms with Crippen molar-refractivity contribution in [1.82, 2.24) is 9.80 Å². The second-order valence-corrected chi connectivity index (χ2v) is 5.23. The molecule has 0 bridgehead atoms. The van der Waals surface area contributed by atoms with Crippen LogP contribution in [0.25, 0.3) is 0 Å². The first-order valence-corrected chi connectivity index (χ1v) is 6.75. The maximum Gasteiger partial charge on any atom is 0.0359 e. The highest BCUT2D eigenvalue weighted by molar-refractivity contribution is 5.48. The highest BCUT2D eigenvalue weighted by atomic mass is 15.1. The fourth-order valence-electron chi connectivity index (χ4n) is 2.07. The summed E-state index contributed by atoms with van der Waals surface area (Å²) in [6, 6.07) is 6.28.